The van der Waals surface area contributed by atoms with Gasteiger partial charge >= 0.3 is 126 Å². The fourth-order valence-corrected chi connectivity index (χ4v) is 10.7. The monoisotopic (exact) mass is 328 g/mol. The van der Waals surface area contributed by atoms with Gasteiger partial charge in [0, 0.05) is 0 Å². The van der Waals surface area contributed by atoms with Gasteiger partial charge in [0.2, 0.25) is 0 Å². The van der Waals surface area contributed by atoms with Crippen LogP contribution in [0.25, 0.3) is 11.1 Å². The second-order valence-corrected chi connectivity index (χ2v) is 16.8. The van der Waals surface area contributed by atoms with Crippen LogP contribution in [-0.4, -0.2) is 13.3 Å². The maximum absolute atomic E-state index is 2.41. The van der Waals surface area contributed by atoms with E-state index in [1.54, 1.807) is 4.40 Å². The molecule has 0 aromatic heterocycles. The van der Waals surface area contributed by atoms with E-state index in [-0.39, 0.29) is 0 Å². The van der Waals surface area contributed by atoms with Crippen LogP contribution in [0.5, 0.6) is 0 Å². The standard InChI is InChI=1S/C19H26Ge/c1-5-20(6-2,7-3)19-14-12-18(13-15-19)17-10-8-16(4)9-11-17/h8-15H,5-7H2,1-4H3. The van der Waals surface area contributed by atoms with Crippen LogP contribution in [-0.2, 0) is 0 Å². The average Bonchev–Trinajstić information content (AvgIpc) is 2.51. The van der Waals surface area contributed by atoms with Crippen molar-refractivity contribution in [3.63, 3.8) is 0 Å². The predicted octanol–water partition coefficient (Wildman–Crippen LogP) is 5.38. The van der Waals surface area contributed by atoms with Crippen LogP contribution in [0.4, 0.5) is 0 Å². The zero-order valence-corrected chi connectivity index (χ0v) is 15.3. The summed E-state index contributed by atoms with van der Waals surface area (Å²) < 4.78 is 1.67. The Labute approximate surface area is 126 Å². The molecule has 0 aliphatic heterocycles. The van der Waals surface area contributed by atoms with Gasteiger partial charge in [-0.15, -0.1) is 0 Å². The SMILES string of the molecule is C[CH2][Ge]([CH2]C)([CH2]C)[c]1ccc(-c2ccc(C)cc2)cc1. The molecule has 0 atom stereocenters. The van der Waals surface area contributed by atoms with Crippen molar-refractivity contribution in [3.8, 4) is 11.1 Å². The van der Waals surface area contributed by atoms with Gasteiger partial charge in [-0.3, -0.25) is 0 Å². The Morgan fingerprint density at radius 2 is 1.05 bits per heavy atom. The zero-order chi connectivity index (χ0) is 14.6. The second kappa shape index (κ2) is 6.62. The molecule has 0 fully saturated rings. The van der Waals surface area contributed by atoms with Crippen LogP contribution in [0.1, 0.15) is 26.3 Å². The molecule has 2 aromatic rings. The Bertz CT molecular complexity index is 525. The summed E-state index contributed by atoms with van der Waals surface area (Å²) in [5, 5.41) is 4.20. The normalized spacial score (nSPS) is 11.6. The molecule has 0 amide bonds. The summed E-state index contributed by atoms with van der Waals surface area (Å²) in [4.78, 5) is 0. The summed E-state index contributed by atoms with van der Waals surface area (Å²) in [6, 6.07) is 18.3. The van der Waals surface area contributed by atoms with Gasteiger partial charge in [-0.05, 0) is 0 Å². The van der Waals surface area contributed by atoms with Crippen LogP contribution in [0.2, 0.25) is 15.8 Å². The van der Waals surface area contributed by atoms with Crippen LogP contribution in [0.3, 0.4) is 0 Å². The number of rotatable bonds is 5. The Kier molecular flexibility index (Phi) is 5.09. The van der Waals surface area contributed by atoms with E-state index in [9.17, 15) is 0 Å². The van der Waals surface area contributed by atoms with Crippen LogP contribution in [0, 0.1) is 6.92 Å². The first-order chi connectivity index (χ1) is 9.65. The van der Waals surface area contributed by atoms with Crippen molar-refractivity contribution in [1.82, 2.24) is 0 Å². The van der Waals surface area contributed by atoms with Crippen molar-refractivity contribution in [2.75, 3.05) is 0 Å². The second-order valence-electron chi connectivity index (χ2n) is 5.78. The first kappa shape index (κ1) is 15.4. The molecule has 0 bridgehead atoms. The van der Waals surface area contributed by atoms with Crippen molar-refractivity contribution < 1.29 is 0 Å². The number of aryl methyl sites for hydroxylation is 1. The number of benzene rings is 2. The van der Waals surface area contributed by atoms with Crippen molar-refractivity contribution >= 4 is 17.7 Å². The number of hydrogen-bond acceptors (Lipinski definition) is 0. The molecule has 1 heteroatoms. The summed E-state index contributed by atoms with van der Waals surface area (Å²) in [5.41, 5.74) is 3.99. The van der Waals surface area contributed by atoms with Crippen LogP contribution < -0.4 is 4.40 Å². The topological polar surface area (TPSA) is 0 Å². The van der Waals surface area contributed by atoms with Crippen molar-refractivity contribution in [2.45, 2.75) is 43.5 Å². The molecule has 0 aliphatic carbocycles. The first-order valence-electron chi connectivity index (χ1n) is 7.82. The van der Waals surface area contributed by atoms with E-state index in [0.717, 1.165) is 0 Å². The molecule has 0 saturated carbocycles. The molecule has 0 spiro atoms. The Morgan fingerprint density at radius 3 is 1.45 bits per heavy atom. The molecular weight excluding hydrogens is 301 g/mol. The summed E-state index contributed by atoms with van der Waals surface area (Å²) >= 11 is -1.78. The molecule has 2 rings (SSSR count). The third-order valence-electron chi connectivity index (χ3n) is 4.91. The zero-order valence-electron chi connectivity index (χ0n) is 13.2. The third kappa shape index (κ3) is 3.01. The molecule has 0 radical (unpaired) electrons. The first-order valence-corrected chi connectivity index (χ1v) is 13.3. The van der Waals surface area contributed by atoms with Gasteiger partial charge in [0.1, 0.15) is 0 Å². The quantitative estimate of drug-likeness (QED) is 0.647. The van der Waals surface area contributed by atoms with Gasteiger partial charge in [0.15, 0.2) is 0 Å². The fourth-order valence-electron chi connectivity index (χ4n) is 3.12. The van der Waals surface area contributed by atoms with E-state index in [1.165, 1.54) is 32.5 Å². The van der Waals surface area contributed by atoms with Gasteiger partial charge in [-0.25, -0.2) is 0 Å². The summed E-state index contributed by atoms with van der Waals surface area (Å²) in [7, 11) is 0. The van der Waals surface area contributed by atoms with Gasteiger partial charge < -0.3 is 0 Å². The Hall–Kier alpha value is -1.02. The predicted molar refractivity (Wildman–Crippen MR) is 93.4 cm³/mol. The molecule has 0 nitrogen and oxygen atoms in total. The minimum absolute atomic E-state index is 1.32. The molecule has 0 heterocycles. The molecule has 0 aliphatic rings. The third-order valence-corrected chi connectivity index (χ3v) is 16.7. The van der Waals surface area contributed by atoms with Gasteiger partial charge in [0.25, 0.3) is 0 Å². The molecule has 2 aromatic carbocycles. The summed E-state index contributed by atoms with van der Waals surface area (Å²) in [6.07, 6.45) is 0. The molecular formula is C19H26Ge. The minimum atomic E-state index is -1.78. The van der Waals surface area contributed by atoms with Crippen molar-refractivity contribution in [2.24, 2.45) is 0 Å². The fraction of sp³-hybridized carbons (Fsp3) is 0.368. The van der Waals surface area contributed by atoms with Crippen molar-refractivity contribution in [1.29, 1.82) is 0 Å². The van der Waals surface area contributed by atoms with Gasteiger partial charge in [-0.2, -0.15) is 0 Å². The van der Waals surface area contributed by atoms with Crippen molar-refractivity contribution in [3.05, 3.63) is 54.1 Å². The van der Waals surface area contributed by atoms with Crippen LogP contribution in [0.15, 0.2) is 48.5 Å². The Morgan fingerprint density at radius 1 is 0.650 bits per heavy atom. The molecule has 106 valence electrons. The molecule has 0 saturated heterocycles. The molecule has 0 N–H and O–H groups in total. The summed E-state index contributed by atoms with van der Waals surface area (Å²) in [6.45, 7) is 9.31. The van der Waals surface area contributed by atoms with E-state index in [0.29, 0.717) is 0 Å². The maximum atomic E-state index is 2.41. The van der Waals surface area contributed by atoms with Gasteiger partial charge in [-0.1, -0.05) is 0 Å². The van der Waals surface area contributed by atoms with E-state index < -0.39 is 13.3 Å². The Balaban J connectivity index is 2.32. The van der Waals surface area contributed by atoms with E-state index in [1.807, 2.05) is 0 Å². The summed E-state index contributed by atoms with van der Waals surface area (Å²) in [5.74, 6) is 0. The van der Waals surface area contributed by atoms with E-state index in [4.69, 9.17) is 0 Å². The molecule has 0 unspecified atom stereocenters. The molecule has 20 heavy (non-hydrogen) atoms. The van der Waals surface area contributed by atoms with Crippen LogP contribution >= 0.6 is 0 Å². The van der Waals surface area contributed by atoms with Gasteiger partial charge in [0.05, 0.1) is 0 Å². The average molecular weight is 327 g/mol. The number of hydrogen-bond donors (Lipinski definition) is 0. The van der Waals surface area contributed by atoms with E-state index in [2.05, 4.69) is 76.2 Å². The van der Waals surface area contributed by atoms with E-state index >= 15 is 0 Å².